The Kier molecular flexibility index (Phi) is 25.5. The number of thioether (sulfide) groups is 1. The van der Waals surface area contributed by atoms with Gasteiger partial charge in [0, 0.05) is 73.1 Å². The lowest BCUT2D eigenvalue weighted by molar-refractivity contribution is -0.428. The molecule has 14 aromatic carbocycles. The van der Waals surface area contributed by atoms with Crippen molar-refractivity contribution < 1.29 is 43.2 Å². The third-order valence-corrected chi connectivity index (χ3v) is 19.8. The standard InChI is InChI=1S/C26H20Cl2N4O3.C24H22O3.C22H19N2OS.C19H15NO2/c27-21-5-1-3-7-23(21)31-25(33)29-17-9-13-19(14-10-17)35-20-15-11-18(12-16-20)30-26(34)32-24-8-4-2-6-22(24)28;1-3-7-21-17-23(11-9-19(21)5-1)26-15-13-25-14-16-27-24-12-10-20-6-2-4-8-22(20)18-24;1-24(25)18-13-11-17(12-14-18)22-15-20(16-7-3-2-4-8-16)23-19-9-5-6-10-21(19)26-22;21-14-6-3-5-13(10-14)17-11-18(22)19-15-7-2-1-4-12(15)8-9-16(19)20-17/h1-16H,(H2,29,31,33)(H2,30,32,34);1-12,17-18H,13-16H2;2-14,22H,15H2,1H3;1-10,17,20-21H,11H2/q;;+1;. The predicted molar refractivity (Wildman–Crippen MR) is 446 cm³/mol. The number of phenols is 1. The maximum absolute atomic E-state index is 12.7. The Balaban J connectivity index is 0.000000130. The van der Waals surface area contributed by atoms with Crippen molar-refractivity contribution in [2.24, 2.45) is 4.99 Å². The summed E-state index contributed by atoms with van der Waals surface area (Å²) in [6.45, 7) is 2.12. The Morgan fingerprint density at radius 3 is 1.57 bits per heavy atom. The highest BCUT2D eigenvalue weighted by Crippen LogP contribution is 2.46. The van der Waals surface area contributed by atoms with E-state index in [2.05, 4.69) is 130 Å². The van der Waals surface area contributed by atoms with Crippen molar-refractivity contribution in [1.82, 2.24) is 0 Å². The van der Waals surface area contributed by atoms with Crippen molar-refractivity contribution in [2.45, 2.75) is 29.0 Å². The van der Waals surface area contributed by atoms with Crippen LogP contribution in [0.2, 0.25) is 10.0 Å². The van der Waals surface area contributed by atoms with Crippen molar-refractivity contribution in [3.05, 3.63) is 359 Å². The first-order valence-electron chi connectivity index (χ1n) is 35.6. The van der Waals surface area contributed by atoms with Crippen LogP contribution in [-0.2, 0) is 4.74 Å². The summed E-state index contributed by atoms with van der Waals surface area (Å²) in [7, 11) is 1.52. The van der Waals surface area contributed by atoms with Crippen molar-refractivity contribution in [3.8, 4) is 28.7 Å². The minimum absolute atomic E-state index is 0.103. The van der Waals surface area contributed by atoms with Crippen molar-refractivity contribution in [2.75, 3.05) is 60.1 Å². The molecule has 16 rings (SSSR count). The van der Waals surface area contributed by atoms with Crippen LogP contribution in [0.3, 0.4) is 0 Å². The molecule has 4 amide bonds. The van der Waals surface area contributed by atoms with Gasteiger partial charge in [-0.3, -0.25) is 9.79 Å². The maximum atomic E-state index is 12.7. The van der Waals surface area contributed by atoms with E-state index in [0.29, 0.717) is 82.8 Å². The van der Waals surface area contributed by atoms with Gasteiger partial charge in [-0.1, -0.05) is 205 Å². The van der Waals surface area contributed by atoms with E-state index in [1.807, 2.05) is 115 Å². The van der Waals surface area contributed by atoms with Crippen molar-refractivity contribution in [3.63, 3.8) is 0 Å². The lowest BCUT2D eigenvalue weighted by Crippen LogP contribution is -2.23. The van der Waals surface area contributed by atoms with Crippen LogP contribution >= 0.6 is 35.0 Å². The Bertz CT molecular complexity index is 5400. The zero-order chi connectivity index (χ0) is 76.0. The van der Waals surface area contributed by atoms with Gasteiger partial charge in [-0.2, -0.15) is 0 Å². The molecule has 0 spiro atoms. The molecule has 0 saturated heterocycles. The summed E-state index contributed by atoms with van der Waals surface area (Å²) >= 11 is 13.9. The molecule has 0 radical (unpaired) electrons. The van der Waals surface area contributed by atoms with Crippen molar-refractivity contribution in [1.29, 1.82) is 0 Å². The van der Waals surface area contributed by atoms with Gasteiger partial charge in [0.25, 0.3) is 5.69 Å². The number of ether oxygens (including phenoxy) is 4. The number of anilines is 5. The lowest BCUT2D eigenvalue weighted by atomic mass is 9.89. The minimum Gasteiger partial charge on any atom is -0.508 e. The molecule has 14 aromatic rings. The number of hydrogen-bond donors (Lipinski definition) is 6. The van der Waals surface area contributed by atoms with E-state index < -0.39 is 12.1 Å². The first-order valence-corrected chi connectivity index (χ1v) is 37.2. The number of carbonyl (C=O) groups excluding carboxylic acids is 3. The molecule has 2 aliphatic heterocycles. The zero-order valence-corrected chi connectivity index (χ0v) is 62.1. The minimum atomic E-state index is -0.409. The molecule has 2 atom stereocenters. The van der Waals surface area contributed by atoms with Gasteiger partial charge in [0.1, 0.15) is 42.0 Å². The molecule has 0 fully saturated rings. The van der Waals surface area contributed by atoms with E-state index >= 15 is 0 Å². The second-order valence-electron chi connectivity index (χ2n) is 25.5. The van der Waals surface area contributed by atoms with Gasteiger partial charge in [-0.15, -0.1) is 11.8 Å². The number of nitrogens with one attached hydrogen (secondary N) is 5. The fourth-order valence-corrected chi connectivity index (χ4v) is 14.0. The fourth-order valence-electron chi connectivity index (χ4n) is 12.4. The number of halogens is 2. The summed E-state index contributed by atoms with van der Waals surface area (Å²) in [6.07, 6.45) is 1.24. The summed E-state index contributed by atoms with van der Waals surface area (Å²) in [5.74, 6) is 3.25. The second-order valence-corrected chi connectivity index (χ2v) is 27.6. The van der Waals surface area contributed by atoms with Crippen LogP contribution in [0.25, 0.3) is 32.3 Å². The number of benzene rings is 14. The average molecular weight is 1510 g/mol. The number of ketones is 1. The molecule has 2 aliphatic rings. The smallest absolute Gasteiger partial charge is 0.323 e. The highest BCUT2D eigenvalue weighted by atomic mass is 35.5. The Labute approximate surface area is 651 Å². The summed E-state index contributed by atoms with van der Waals surface area (Å²) < 4.78 is 23.8. The van der Waals surface area contributed by atoms with E-state index in [9.17, 15) is 24.4 Å². The molecule has 6 N–H and O–H groups in total. The number of nitrogens with zero attached hydrogens (tertiary/aromatic N) is 2. The molecular weight excluding hydrogens is 1440 g/mol. The zero-order valence-electron chi connectivity index (χ0n) is 59.8. The monoisotopic (exact) mass is 1510 g/mol. The van der Waals surface area contributed by atoms with Gasteiger partial charge in [0.05, 0.1) is 46.4 Å². The number of para-hydroxylation sites is 3. The van der Waals surface area contributed by atoms with E-state index in [1.165, 1.54) is 39.1 Å². The highest BCUT2D eigenvalue weighted by molar-refractivity contribution is 7.99. The van der Waals surface area contributed by atoms with Gasteiger partial charge in [0.15, 0.2) is 12.8 Å². The molecule has 110 heavy (non-hydrogen) atoms. The molecule has 0 aliphatic carbocycles. The van der Waals surface area contributed by atoms with Crippen LogP contribution in [0.4, 0.5) is 49.4 Å². The number of carbonyl (C=O) groups is 3. The number of fused-ring (bicyclic) bond motifs is 6. The SMILES string of the molecule is C[N+](=O)c1ccc(C2CC(c3ccccc3)=Nc3ccccc3S2)cc1.O=C(Nc1ccc(Oc2ccc(NC(=O)Nc3ccccc3Cl)cc2)cc1)Nc1ccccc1Cl.O=C1CC(c2cccc(O)c2)Nc2ccc3ccccc3c21.c1ccc2cc(OCCOCCOc3ccc4ccccc4c3)ccc2c1. The van der Waals surface area contributed by atoms with Gasteiger partial charge in [0.2, 0.25) is 0 Å². The molecule has 2 unspecified atom stereocenters. The maximum Gasteiger partial charge on any atom is 0.323 e. The Morgan fingerprint density at radius 1 is 0.491 bits per heavy atom. The van der Waals surface area contributed by atoms with Gasteiger partial charge < -0.3 is 50.6 Å². The molecule has 548 valence electrons. The van der Waals surface area contributed by atoms with E-state index in [0.717, 1.165) is 67.2 Å². The number of phenolic OH excluding ortho intramolecular Hbond substituents is 1. The van der Waals surface area contributed by atoms with Gasteiger partial charge in [-0.25, -0.2) is 9.59 Å². The highest BCUT2D eigenvalue weighted by Gasteiger charge is 2.28. The second kappa shape index (κ2) is 37.2. The molecule has 0 bridgehead atoms. The molecule has 16 nitrogen and oxygen atoms in total. The van der Waals surface area contributed by atoms with Crippen LogP contribution < -0.4 is 40.8 Å². The van der Waals surface area contributed by atoms with Gasteiger partial charge in [-0.05, 0) is 176 Å². The topological polar surface area (TPSA) is 201 Å². The summed E-state index contributed by atoms with van der Waals surface area (Å²) in [5.41, 5.74) is 9.93. The third kappa shape index (κ3) is 20.7. The van der Waals surface area contributed by atoms with E-state index in [-0.39, 0.29) is 22.8 Å². The summed E-state index contributed by atoms with van der Waals surface area (Å²) in [4.78, 5) is 54.7. The van der Waals surface area contributed by atoms with Crippen LogP contribution in [-0.4, -0.2) is 66.9 Å². The van der Waals surface area contributed by atoms with Gasteiger partial charge >= 0.3 is 12.1 Å². The summed E-state index contributed by atoms with van der Waals surface area (Å²) in [5, 5.41) is 31.9. The Morgan fingerprint density at radius 2 is 1.00 bits per heavy atom. The quantitative estimate of drug-likeness (QED) is 0.0353. The largest absolute Gasteiger partial charge is 0.508 e. The third-order valence-electron chi connectivity index (χ3n) is 17.8. The number of aromatic hydroxyl groups is 1. The fraction of sp³-hybridized carbons (Fsp3) is 0.0989. The van der Waals surface area contributed by atoms with E-state index in [1.54, 1.807) is 115 Å². The van der Waals surface area contributed by atoms with Crippen LogP contribution in [0.15, 0.2) is 331 Å². The molecule has 19 heteroatoms. The number of urea groups is 2. The molecular formula is C91H76Cl2N7O9S+. The number of hydrogen-bond acceptors (Lipinski definition) is 12. The first-order chi connectivity index (χ1) is 53.8. The number of rotatable bonds is 18. The number of nitroso groups, excluding NO2 is 1. The normalized spacial score (nSPS) is 13.2. The molecule has 2 heterocycles. The number of amides is 4. The van der Waals surface area contributed by atoms with Crippen LogP contribution in [0, 0.1) is 4.91 Å². The molecule has 0 aromatic heterocycles. The predicted octanol–water partition coefficient (Wildman–Crippen LogP) is 23.9. The average Bonchev–Trinajstić information content (AvgIpc) is 0.844. The number of aliphatic imine (C=N–C) groups is 1. The molecule has 0 saturated carbocycles. The van der Waals surface area contributed by atoms with E-state index in [4.69, 9.17) is 47.1 Å². The lowest BCUT2D eigenvalue weighted by Gasteiger charge is -2.27. The van der Waals surface area contributed by atoms with Crippen molar-refractivity contribution >= 4 is 131 Å². The first kappa shape index (κ1) is 75.5. The Hall–Kier alpha value is -12.8. The number of Topliss-reactive ketones (excluding diaryl/α,β-unsaturated/α-hetero) is 1. The summed E-state index contributed by atoms with van der Waals surface area (Å²) in [6, 6.07) is 101. The van der Waals surface area contributed by atoms with Crippen LogP contribution in [0.1, 0.15) is 51.2 Å². The van der Waals surface area contributed by atoms with Crippen LogP contribution in [0.5, 0.6) is 28.7 Å².